The molecule has 0 amide bonds. The topological polar surface area (TPSA) is 49.2 Å². The molecular formula is C10H10BrN3O2. The molecule has 0 saturated heterocycles. The summed E-state index contributed by atoms with van der Waals surface area (Å²) in [5.74, 6) is 0.754. The molecule has 16 heavy (non-hydrogen) atoms. The smallest absolute Gasteiger partial charge is 0.217 e. The second kappa shape index (κ2) is 5.09. The molecule has 0 fully saturated rings. The fraction of sp³-hybridized carbons (Fsp3) is 0.200. The predicted molar refractivity (Wildman–Crippen MR) is 61.6 cm³/mol. The van der Waals surface area contributed by atoms with E-state index in [0.717, 1.165) is 11.4 Å². The summed E-state index contributed by atoms with van der Waals surface area (Å²) in [5, 5.41) is 4.13. The fourth-order valence-corrected chi connectivity index (χ4v) is 1.45. The third-order valence-corrected chi connectivity index (χ3v) is 2.27. The van der Waals surface area contributed by atoms with Gasteiger partial charge in [0.05, 0.1) is 5.69 Å². The lowest BCUT2D eigenvalue weighted by Gasteiger charge is -2.05. The van der Waals surface area contributed by atoms with Crippen molar-refractivity contribution in [2.75, 3.05) is 13.9 Å². The minimum Gasteiger partial charge on any atom is -0.468 e. The molecule has 1 heterocycles. The molecular weight excluding hydrogens is 274 g/mol. The van der Waals surface area contributed by atoms with Crippen molar-refractivity contribution in [3.63, 3.8) is 0 Å². The molecule has 0 unspecified atom stereocenters. The van der Waals surface area contributed by atoms with Gasteiger partial charge in [-0.15, -0.1) is 5.10 Å². The van der Waals surface area contributed by atoms with Gasteiger partial charge in [0.1, 0.15) is 12.1 Å². The van der Waals surface area contributed by atoms with Crippen molar-refractivity contribution in [3.8, 4) is 11.4 Å². The summed E-state index contributed by atoms with van der Waals surface area (Å²) in [4.78, 5) is 3.98. The van der Waals surface area contributed by atoms with Gasteiger partial charge in [-0.1, -0.05) is 0 Å². The molecule has 0 radical (unpaired) electrons. The average Bonchev–Trinajstić information content (AvgIpc) is 2.74. The van der Waals surface area contributed by atoms with Crippen molar-refractivity contribution in [2.45, 2.75) is 0 Å². The fourth-order valence-electron chi connectivity index (χ4n) is 1.19. The van der Waals surface area contributed by atoms with Crippen LogP contribution in [0, 0.1) is 0 Å². The Morgan fingerprint density at radius 1 is 1.31 bits per heavy atom. The van der Waals surface area contributed by atoms with Crippen LogP contribution in [0.25, 0.3) is 5.69 Å². The molecule has 0 aliphatic heterocycles. The highest BCUT2D eigenvalue weighted by Crippen LogP contribution is 2.15. The van der Waals surface area contributed by atoms with E-state index in [1.54, 1.807) is 18.1 Å². The van der Waals surface area contributed by atoms with Gasteiger partial charge in [-0.05, 0) is 40.2 Å². The van der Waals surface area contributed by atoms with E-state index < -0.39 is 0 Å². The molecule has 0 N–H and O–H groups in total. The van der Waals surface area contributed by atoms with Gasteiger partial charge >= 0.3 is 0 Å². The number of ether oxygens (including phenoxy) is 2. The molecule has 2 aromatic rings. The zero-order valence-corrected chi connectivity index (χ0v) is 10.2. The molecule has 1 aromatic heterocycles. The maximum absolute atomic E-state index is 5.27. The Morgan fingerprint density at radius 3 is 2.62 bits per heavy atom. The van der Waals surface area contributed by atoms with Crippen molar-refractivity contribution in [1.29, 1.82) is 0 Å². The van der Waals surface area contributed by atoms with Crippen molar-refractivity contribution in [1.82, 2.24) is 14.8 Å². The maximum atomic E-state index is 5.27. The van der Waals surface area contributed by atoms with Crippen LogP contribution in [0.3, 0.4) is 0 Å². The molecule has 0 spiro atoms. The van der Waals surface area contributed by atoms with Gasteiger partial charge in [0, 0.05) is 7.11 Å². The number of aromatic nitrogens is 3. The standard InChI is InChI=1S/C10H10BrN3O2/c1-15-7-16-9-4-2-8(3-5-9)14-6-12-10(11)13-14/h2-6H,7H2,1H3. The molecule has 1 aromatic carbocycles. The van der Waals surface area contributed by atoms with Crippen molar-refractivity contribution >= 4 is 15.9 Å². The van der Waals surface area contributed by atoms with Crippen LogP contribution in [0.2, 0.25) is 0 Å². The van der Waals surface area contributed by atoms with Gasteiger partial charge in [0.2, 0.25) is 4.73 Å². The van der Waals surface area contributed by atoms with E-state index in [9.17, 15) is 0 Å². The Kier molecular flexibility index (Phi) is 3.53. The minimum atomic E-state index is 0.244. The number of halogens is 1. The third-order valence-electron chi connectivity index (χ3n) is 1.91. The number of hydrogen-bond donors (Lipinski definition) is 0. The molecule has 0 atom stereocenters. The maximum Gasteiger partial charge on any atom is 0.217 e. The second-order valence-corrected chi connectivity index (χ2v) is 3.71. The summed E-state index contributed by atoms with van der Waals surface area (Å²) in [6.07, 6.45) is 1.63. The lowest BCUT2D eigenvalue weighted by atomic mass is 10.3. The van der Waals surface area contributed by atoms with Gasteiger partial charge in [0.15, 0.2) is 6.79 Å². The first kappa shape index (κ1) is 11.1. The van der Waals surface area contributed by atoms with Crippen LogP contribution in [0.15, 0.2) is 35.3 Å². The number of nitrogens with zero attached hydrogens (tertiary/aromatic N) is 3. The van der Waals surface area contributed by atoms with E-state index in [0.29, 0.717) is 4.73 Å². The summed E-state index contributed by atoms with van der Waals surface area (Å²) in [6, 6.07) is 7.49. The van der Waals surface area contributed by atoms with Crippen molar-refractivity contribution in [2.24, 2.45) is 0 Å². The molecule has 6 heteroatoms. The van der Waals surface area contributed by atoms with Crippen LogP contribution in [-0.4, -0.2) is 28.7 Å². The quantitative estimate of drug-likeness (QED) is 0.806. The van der Waals surface area contributed by atoms with Gasteiger partial charge in [-0.25, -0.2) is 9.67 Å². The van der Waals surface area contributed by atoms with Crippen LogP contribution in [0.5, 0.6) is 5.75 Å². The lowest BCUT2D eigenvalue weighted by molar-refractivity contribution is 0.0511. The van der Waals surface area contributed by atoms with Gasteiger partial charge in [-0.2, -0.15) is 0 Å². The van der Waals surface area contributed by atoms with E-state index in [2.05, 4.69) is 26.0 Å². The molecule has 0 aliphatic carbocycles. The first-order valence-electron chi connectivity index (χ1n) is 4.59. The zero-order valence-electron chi connectivity index (χ0n) is 8.63. The summed E-state index contributed by atoms with van der Waals surface area (Å²) < 4.78 is 12.3. The van der Waals surface area contributed by atoms with Gasteiger partial charge < -0.3 is 9.47 Å². The SMILES string of the molecule is COCOc1ccc(-n2cnc(Br)n2)cc1. The first-order valence-corrected chi connectivity index (χ1v) is 5.38. The van der Waals surface area contributed by atoms with Gasteiger partial charge in [0.25, 0.3) is 0 Å². The van der Waals surface area contributed by atoms with Crippen molar-refractivity contribution in [3.05, 3.63) is 35.3 Å². The highest BCUT2D eigenvalue weighted by Gasteiger charge is 2.00. The number of benzene rings is 1. The number of rotatable bonds is 4. The first-order chi connectivity index (χ1) is 7.79. The lowest BCUT2D eigenvalue weighted by Crippen LogP contribution is -1.99. The Balaban J connectivity index is 2.13. The monoisotopic (exact) mass is 283 g/mol. The molecule has 0 aliphatic rings. The summed E-state index contributed by atoms with van der Waals surface area (Å²) in [5.41, 5.74) is 0.919. The Hall–Kier alpha value is -1.40. The number of methoxy groups -OCH3 is 1. The van der Waals surface area contributed by atoms with Crippen molar-refractivity contribution < 1.29 is 9.47 Å². The third kappa shape index (κ3) is 2.59. The number of hydrogen-bond acceptors (Lipinski definition) is 4. The summed E-state index contributed by atoms with van der Waals surface area (Å²) >= 11 is 3.19. The Labute approximate surface area is 101 Å². The molecule has 84 valence electrons. The normalized spacial score (nSPS) is 10.4. The Morgan fingerprint density at radius 2 is 2.06 bits per heavy atom. The van der Waals surface area contributed by atoms with E-state index in [1.807, 2.05) is 24.3 Å². The summed E-state index contributed by atoms with van der Waals surface area (Å²) in [7, 11) is 1.58. The van der Waals surface area contributed by atoms with Crippen LogP contribution in [0.4, 0.5) is 0 Å². The van der Waals surface area contributed by atoms with E-state index in [-0.39, 0.29) is 6.79 Å². The molecule has 0 bridgehead atoms. The molecule has 5 nitrogen and oxygen atoms in total. The van der Waals surface area contributed by atoms with Crippen LogP contribution < -0.4 is 4.74 Å². The van der Waals surface area contributed by atoms with E-state index in [4.69, 9.17) is 9.47 Å². The van der Waals surface area contributed by atoms with Crippen LogP contribution in [0.1, 0.15) is 0 Å². The highest BCUT2D eigenvalue weighted by atomic mass is 79.9. The molecule has 2 rings (SSSR count). The largest absolute Gasteiger partial charge is 0.468 e. The Bertz CT molecular complexity index is 455. The van der Waals surface area contributed by atoms with E-state index in [1.165, 1.54) is 0 Å². The molecule has 0 saturated carbocycles. The van der Waals surface area contributed by atoms with Crippen LogP contribution in [-0.2, 0) is 4.74 Å². The zero-order chi connectivity index (χ0) is 11.4. The van der Waals surface area contributed by atoms with E-state index >= 15 is 0 Å². The van der Waals surface area contributed by atoms with Crippen LogP contribution >= 0.6 is 15.9 Å². The highest BCUT2D eigenvalue weighted by molar-refractivity contribution is 9.10. The predicted octanol–water partition coefficient (Wildman–Crippen LogP) is 2.01. The second-order valence-electron chi connectivity index (χ2n) is 3.00. The minimum absolute atomic E-state index is 0.244. The summed E-state index contributed by atoms with van der Waals surface area (Å²) in [6.45, 7) is 0.244. The van der Waals surface area contributed by atoms with Gasteiger partial charge in [-0.3, -0.25) is 0 Å². The average molecular weight is 284 g/mol.